The molecule has 5 atom stereocenters. The molecular weight excluding hydrogens is 884 g/mol. The monoisotopic (exact) mass is 948 g/mol. The molecule has 21 heteroatoms. The van der Waals surface area contributed by atoms with E-state index in [2.05, 4.69) is 40.7 Å². The summed E-state index contributed by atoms with van der Waals surface area (Å²) in [5, 5.41) is 30.0. The number of hydrogen-bond acceptors (Lipinski definition) is 18. The van der Waals surface area contributed by atoms with Gasteiger partial charge >= 0.3 is 0 Å². The Hall–Kier alpha value is -3.64. The second kappa shape index (κ2) is 27.2. The quantitative estimate of drug-likeness (QED) is 0.0607. The Kier molecular flexibility index (Phi) is 21.3. The summed E-state index contributed by atoms with van der Waals surface area (Å²) in [5.74, 6) is 1.40. The van der Waals surface area contributed by atoms with Crippen LogP contribution in [0.15, 0.2) is 30.5 Å². The number of carbonyl (C=O) groups excluding carboxylic acids is 2. The maximum Gasteiger partial charge on any atom is 0.267 e. The van der Waals surface area contributed by atoms with Gasteiger partial charge in [-0.1, -0.05) is 35.1 Å². The number of para-hydroxylation sites is 1. The Morgan fingerprint density at radius 3 is 1.97 bits per heavy atom. The Balaban J connectivity index is 0.681. The number of carbonyl (C=O) groups is 2. The van der Waals surface area contributed by atoms with Crippen molar-refractivity contribution in [2.45, 2.75) is 38.9 Å². The summed E-state index contributed by atoms with van der Waals surface area (Å²) >= 11 is 7.52. The number of rotatable bonds is 30. The Bertz CT molecular complexity index is 1890. The third-order valence-electron chi connectivity index (χ3n) is 11.5. The fourth-order valence-electron chi connectivity index (χ4n) is 8.08. The van der Waals surface area contributed by atoms with E-state index in [4.69, 9.17) is 44.8 Å². The third-order valence-corrected chi connectivity index (χ3v) is 12.8. The van der Waals surface area contributed by atoms with Gasteiger partial charge in [0.2, 0.25) is 5.91 Å². The average molecular weight is 950 g/mol. The van der Waals surface area contributed by atoms with E-state index in [0.29, 0.717) is 144 Å². The predicted molar refractivity (Wildman–Crippen MR) is 245 cm³/mol. The van der Waals surface area contributed by atoms with E-state index in [1.54, 1.807) is 6.07 Å². The number of fused-ring (bicyclic) bond motifs is 2. The number of halogens is 1. The maximum atomic E-state index is 12.9. The minimum absolute atomic E-state index is 0.0269. The van der Waals surface area contributed by atoms with Gasteiger partial charge < -0.3 is 64.2 Å². The van der Waals surface area contributed by atoms with Crippen molar-refractivity contribution in [2.24, 2.45) is 17.8 Å². The highest BCUT2D eigenvalue weighted by atomic mass is 35.5. The minimum atomic E-state index is -0.794. The molecule has 19 nitrogen and oxygen atoms in total. The molecule has 3 fully saturated rings. The molecule has 2 saturated carbocycles. The molecule has 2 bridgehead atoms. The smallest absolute Gasteiger partial charge is 0.267 e. The topological polar surface area (TPSA) is 220 Å². The van der Waals surface area contributed by atoms with Crippen molar-refractivity contribution >= 4 is 57.2 Å². The van der Waals surface area contributed by atoms with Gasteiger partial charge in [-0.25, -0.2) is 15.0 Å². The van der Waals surface area contributed by atoms with Crippen LogP contribution >= 0.6 is 22.9 Å². The first kappa shape index (κ1) is 50.8. The molecule has 1 aromatic carbocycles. The van der Waals surface area contributed by atoms with Gasteiger partial charge in [-0.3, -0.25) is 14.5 Å². The Morgan fingerprint density at radius 1 is 0.785 bits per heavy atom. The molecule has 1 aliphatic heterocycles. The van der Waals surface area contributed by atoms with Gasteiger partial charge in [0.05, 0.1) is 122 Å². The van der Waals surface area contributed by atoms with Crippen LogP contribution in [0.3, 0.4) is 0 Å². The van der Waals surface area contributed by atoms with Crippen LogP contribution in [0.4, 0.5) is 22.5 Å². The van der Waals surface area contributed by atoms with E-state index in [-0.39, 0.29) is 29.6 Å². The highest BCUT2D eigenvalue weighted by molar-refractivity contribution is 7.17. The summed E-state index contributed by atoms with van der Waals surface area (Å²) in [7, 11) is 0. The molecule has 2 aliphatic carbocycles. The maximum absolute atomic E-state index is 12.9. The van der Waals surface area contributed by atoms with E-state index >= 15 is 0 Å². The number of anilines is 4. The van der Waals surface area contributed by atoms with Crippen molar-refractivity contribution in [3.63, 3.8) is 0 Å². The fourth-order valence-corrected chi connectivity index (χ4v) is 9.07. The molecule has 3 aliphatic rings. The number of nitrogens with one attached hydrogen (secondary N) is 3. The first-order chi connectivity index (χ1) is 31.7. The Morgan fingerprint density at radius 2 is 1.38 bits per heavy atom. The van der Waals surface area contributed by atoms with Crippen molar-refractivity contribution < 1.29 is 53.0 Å². The number of hydrogen-bond donors (Lipinski definition) is 5. The van der Waals surface area contributed by atoms with E-state index in [1.165, 1.54) is 17.5 Å². The molecule has 0 unspecified atom stereocenters. The van der Waals surface area contributed by atoms with Crippen LogP contribution in [-0.4, -0.2) is 186 Å². The number of thiazole rings is 1. The van der Waals surface area contributed by atoms with Gasteiger partial charge in [0.15, 0.2) is 5.13 Å². The second-order valence-corrected chi connectivity index (χ2v) is 17.5. The van der Waals surface area contributed by atoms with Gasteiger partial charge in [0, 0.05) is 51.3 Å². The van der Waals surface area contributed by atoms with E-state index in [1.807, 2.05) is 32.0 Å². The average Bonchev–Trinajstić information content (AvgIpc) is 4.03. The van der Waals surface area contributed by atoms with Crippen LogP contribution in [0.1, 0.15) is 33.9 Å². The molecule has 2 aromatic heterocycles. The number of benzene rings is 1. The number of aryl methyl sites for hydroxylation is 2. The highest BCUT2D eigenvalue weighted by Crippen LogP contribution is 2.48. The van der Waals surface area contributed by atoms with Gasteiger partial charge in [0.1, 0.15) is 22.3 Å². The molecule has 0 radical (unpaired) electrons. The van der Waals surface area contributed by atoms with Gasteiger partial charge in [-0.05, 0) is 50.2 Å². The largest absolute Gasteiger partial charge is 0.390 e. The molecule has 3 aromatic rings. The van der Waals surface area contributed by atoms with Gasteiger partial charge in [-0.15, -0.1) is 0 Å². The first-order valence-electron chi connectivity index (χ1n) is 22.5. The third kappa shape index (κ3) is 16.3. The standard InChI is InChI=1S/C44H65ClN8O11S/c1-30-4-3-5-35(45)39(30)51-43(57)36-29-47-44(65-36)50-37-28-38(49-31(2)48-37)53-9-7-52(8-10-53)11-13-59-15-17-61-19-21-63-23-25-64-24-22-62-20-18-60-16-14-58-12-6-46-42(56)34-27-32-26-33(34)41(55)40(32)54/h3-5,28-29,32-34,40-41,54-55H,6-27H2,1-2H3,(H,46,56)(H,51,57)(H,47,48,49,50)/t32-,33+,34-,40-,41+/m0/s1. The number of piperazine rings is 1. The van der Waals surface area contributed by atoms with Crippen LogP contribution in [0, 0.1) is 31.6 Å². The van der Waals surface area contributed by atoms with Crippen molar-refractivity contribution in [2.75, 3.05) is 147 Å². The van der Waals surface area contributed by atoms with Crippen molar-refractivity contribution in [1.29, 1.82) is 0 Å². The predicted octanol–water partition coefficient (Wildman–Crippen LogP) is 2.93. The lowest BCUT2D eigenvalue weighted by Gasteiger charge is -2.35. The van der Waals surface area contributed by atoms with Crippen molar-refractivity contribution in [3.8, 4) is 0 Å². The molecule has 0 spiro atoms. The number of amides is 2. The van der Waals surface area contributed by atoms with Crippen LogP contribution in [0.5, 0.6) is 0 Å². The zero-order chi connectivity index (χ0) is 45.8. The van der Waals surface area contributed by atoms with E-state index in [9.17, 15) is 19.8 Å². The van der Waals surface area contributed by atoms with Crippen LogP contribution < -0.4 is 20.9 Å². The fraction of sp³-hybridized carbons (Fsp3) is 0.659. The molecule has 5 N–H and O–H groups in total. The molecule has 6 rings (SSSR count). The van der Waals surface area contributed by atoms with Crippen molar-refractivity contribution in [3.05, 3.63) is 51.7 Å². The van der Waals surface area contributed by atoms with Crippen LogP contribution in [0.25, 0.3) is 0 Å². The van der Waals surface area contributed by atoms with Crippen molar-refractivity contribution in [1.82, 2.24) is 25.2 Å². The molecular formula is C44H65ClN8O11S. The number of aliphatic hydroxyl groups excluding tert-OH is 2. The number of aromatic nitrogens is 3. The first-order valence-corrected chi connectivity index (χ1v) is 23.7. The summed E-state index contributed by atoms with van der Waals surface area (Å²) in [6.45, 7) is 15.1. The summed E-state index contributed by atoms with van der Waals surface area (Å²) in [5.41, 5.74) is 1.47. The minimum Gasteiger partial charge on any atom is -0.390 e. The SMILES string of the molecule is Cc1nc(Nc2ncc(C(=O)Nc3c(C)cccc3Cl)s2)cc(N2CCN(CCOCCOCCOCCOCCOCCOCCOCCNC(=O)[C@H]3C[C@@H]4C[C@H]3[C@@H](O)[C@H]4O)CC2)n1. The molecule has 1 saturated heterocycles. The molecule has 65 heavy (non-hydrogen) atoms. The summed E-state index contributed by atoms with van der Waals surface area (Å²) < 4.78 is 39.1. The zero-order valence-electron chi connectivity index (χ0n) is 37.4. The van der Waals surface area contributed by atoms with E-state index < -0.39 is 12.2 Å². The van der Waals surface area contributed by atoms with Gasteiger partial charge in [-0.2, -0.15) is 0 Å². The number of aliphatic hydroxyl groups is 2. The lowest BCUT2D eigenvalue weighted by atomic mass is 9.84. The highest BCUT2D eigenvalue weighted by Gasteiger charge is 2.53. The molecule has 2 amide bonds. The number of ether oxygens (including phenoxy) is 7. The molecule has 360 valence electrons. The number of nitrogens with zero attached hydrogens (tertiary/aromatic N) is 5. The normalized spacial score (nSPS) is 20.7. The lowest BCUT2D eigenvalue weighted by molar-refractivity contribution is -0.130. The van der Waals surface area contributed by atoms with Crippen LogP contribution in [0.2, 0.25) is 5.02 Å². The zero-order valence-corrected chi connectivity index (χ0v) is 39.0. The van der Waals surface area contributed by atoms with E-state index in [0.717, 1.165) is 44.1 Å². The lowest BCUT2D eigenvalue weighted by Crippen LogP contribution is -2.47. The summed E-state index contributed by atoms with van der Waals surface area (Å²) in [6.07, 6.45) is 1.40. The summed E-state index contributed by atoms with van der Waals surface area (Å²) in [6, 6.07) is 7.39. The second-order valence-electron chi connectivity index (χ2n) is 16.1. The Labute approximate surface area is 389 Å². The van der Waals surface area contributed by atoms with Gasteiger partial charge in [0.25, 0.3) is 5.91 Å². The molecule has 3 heterocycles. The summed E-state index contributed by atoms with van der Waals surface area (Å²) in [4.78, 5) is 44.0. The van der Waals surface area contributed by atoms with Crippen LogP contribution in [-0.2, 0) is 38.0 Å².